The molecule has 0 bridgehead atoms. The first-order valence-electron chi connectivity index (χ1n) is 5.87. The maximum absolute atomic E-state index is 11.9. The third kappa shape index (κ3) is 3.41. The van der Waals surface area contributed by atoms with Gasteiger partial charge in [-0.2, -0.15) is 17.0 Å². The van der Waals surface area contributed by atoms with Gasteiger partial charge >= 0.3 is 0 Å². The highest BCUT2D eigenvalue weighted by molar-refractivity contribution is 7.89. The molecule has 9 heteroatoms. The van der Waals surface area contributed by atoms with Gasteiger partial charge in [0.2, 0.25) is 10.0 Å². The second-order valence-corrected chi connectivity index (χ2v) is 8.74. The van der Waals surface area contributed by atoms with Crippen LogP contribution < -0.4 is 0 Å². The van der Waals surface area contributed by atoms with Gasteiger partial charge in [0.1, 0.15) is 0 Å². The standard InChI is InChI=1S/C9H21N3O4S2/c1-4-17(13,14)11-6-5-7-12(9-8-11)18(15,16)10(2)3/h4-9H2,1-3H3. The monoisotopic (exact) mass is 299 g/mol. The maximum atomic E-state index is 11.9. The number of hydrogen-bond acceptors (Lipinski definition) is 4. The van der Waals surface area contributed by atoms with E-state index in [9.17, 15) is 16.8 Å². The van der Waals surface area contributed by atoms with Gasteiger partial charge in [-0.05, 0) is 13.3 Å². The van der Waals surface area contributed by atoms with Crippen LogP contribution in [0.25, 0.3) is 0 Å². The third-order valence-electron chi connectivity index (χ3n) is 2.96. The highest BCUT2D eigenvalue weighted by Crippen LogP contribution is 2.12. The average Bonchev–Trinajstić information content (AvgIpc) is 2.54. The van der Waals surface area contributed by atoms with E-state index >= 15 is 0 Å². The van der Waals surface area contributed by atoms with E-state index in [-0.39, 0.29) is 18.8 Å². The van der Waals surface area contributed by atoms with E-state index in [1.807, 2.05) is 0 Å². The molecule has 0 unspecified atom stereocenters. The second-order valence-electron chi connectivity index (χ2n) is 4.34. The van der Waals surface area contributed by atoms with Crippen molar-refractivity contribution in [3.63, 3.8) is 0 Å². The molecule has 0 N–H and O–H groups in total. The van der Waals surface area contributed by atoms with E-state index in [0.717, 1.165) is 4.31 Å². The van der Waals surface area contributed by atoms with Gasteiger partial charge in [-0.15, -0.1) is 0 Å². The summed E-state index contributed by atoms with van der Waals surface area (Å²) in [5.74, 6) is 0.0490. The molecule has 0 aromatic heterocycles. The lowest BCUT2D eigenvalue weighted by molar-refractivity contribution is 0.378. The van der Waals surface area contributed by atoms with Crippen molar-refractivity contribution in [2.24, 2.45) is 0 Å². The molecule has 1 aliphatic heterocycles. The highest BCUT2D eigenvalue weighted by atomic mass is 32.2. The van der Waals surface area contributed by atoms with E-state index in [1.54, 1.807) is 6.92 Å². The fraction of sp³-hybridized carbons (Fsp3) is 1.00. The minimum absolute atomic E-state index is 0.0490. The lowest BCUT2D eigenvalue weighted by Gasteiger charge is -2.24. The van der Waals surface area contributed by atoms with Crippen molar-refractivity contribution in [1.82, 2.24) is 12.9 Å². The fourth-order valence-electron chi connectivity index (χ4n) is 1.79. The van der Waals surface area contributed by atoms with Crippen LogP contribution in [0.5, 0.6) is 0 Å². The van der Waals surface area contributed by atoms with Crippen LogP contribution in [-0.2, 0) is 20.2 Å². The first kappa shape index (κ1) is 15.8. The Morgan fingerprint density at radius 2 is 1.44 bits per heavy atom. The van der Waals surface area contributed by atoms with Crippen molar-refractivity contribution >= 4 is 20.2 Å². The Bertz CT molecular complexity index is 472. The molecule has 18 heavy (non-hydrogen) atoms. The number of rotatable bonds is 4. The van der Waals surface area contributed by atoms with Crippen molar-refractivity contribution in [1.29, 1.82) is 0 Å². The number of nitrogens with zero attached hydrogens (tertiary/aromatic N) is 3. The van der Waals surface area contributed by atoms with Crippen LogP contribution in [0.4, 0.5) is 0 Å². The van der Waals surface area contributed by atoms with Crippen LogP contribution in [0.2, 0.25) is 0 Å². The molecule has 1 saturated heterocycles. The molecule has 0 spiro atoms. The molecule has 0 amide bonds. The summed E-state index contributed by atoms with van der Waals surface area (Å²) in [6.07, 6.45) is 0.520. The van der Waals surface area contributed by atoms with Gasteiger partial charge in [0.05, 0.1) is 5.75 Å². The van der Waals surface area contributed by atoms with Crippen LogP contribution in [0.3, 0.4) is 0 Å². The van der Waals surface area contributed by atoms with Crippen LogP contribution in [0.15, 0.2) is 0 Å². The van der Waals surface area contributed by atoms with Gasteiger partial charge in [0.25, 0.3) is 10.2 Å². The predicted octanol–water partition coefficient (Wildman–Crippen LogP) is -0.850. The van der Waals surface area contributed by atoms with Gasteiger partial charge in [0.15, 0.2) is 0 Å². The predicted molar refractivity (Wildman–Crippen MR) is 69.8 cm³/mol. The Morgan fingerprint density at radius 3 is 1.94 bits per heavy atom. The molecule has 0 atom stereocenters. The molecule has 7 nitrogen and oxygen atoms in total. The summed E-state index contributed by atoms with van der Waals surface area (Å²) in [7, 11) is -3.74. The van der Waals surface area contributed by atoms with Crippen LogP contribution >= 0.6 is 0 Å². The largest absolute Gasteiger partial charge is 0.281 e. The number of hydrogen-bond donors (Lipinski definition) is 0. The Balaban J connectivity index is 2.80. The Kier molecular flexibility index (Phi) is 5.13. The smallest absolute Gasteiger partial charge is 0.212 e. The van der Waals surface area contributed by atoms with Crippen molar-refractivity contribution in [2.45, 2.75) is 13.3 Å². The molecule has 108 valence electrons. The van der Waals surface area contributed by atoms with E-state index in [1.165, 1.54) is 22.7 Å². The van der Waals surface area contributed by atoms with Crippen molar-refractivity contribution in [2.75, 3.05) is 46.0 Å². The molecule has 0 aromatic rings. The molecule has 1 heterocycles. The Hall–Kier alpha value is -0.220. The summed E-state index contributed by atoms with van der Waals surface area (Å²) in [5.41, 5.74) is 0. The van der Waals surface area contributed by atoms with Crippen LogP contribution in [0, 0.1) is 0 Å². The lowest BCUT2D eigenvalue weighted by Crippen LogP contribution is -2.42. The molecule has 0 radical (unpaired) electrons. The minimum atomic E-state index is -3.45. The second kappa shape index (κ2) is 5.83. The molecular formula is C9H21N3O4S2. The van der Waals surface area contributed by atoms with E-state index < -0.39 is 20.2 Å². The van der Waals surface area contributed by atoms with Gasteiger partial charge in [-0.25, -0.2) is 12.7 Å². The van der Waals surface area contributed by atoms with E-state index in [0.29, 0.717) is 19.5 Å². The minimum Gasteiger partial charge on any atom is -0.212 e. The topological polar surface area (TPSA) is 78.0 Å². The third-order valence-corrected chi connectivity index (χ3v) is 6.78. The molecular weight excluding hydrogens is 278 g/mol. The maximum Gasteiger partial charge on any atom is 0.281 e. The van der Waals surface area contributed by atoms with Gasteiger partial charge in [0, 0.05) is 40.3 Å². The molecule has 0 aliphatic carbocycles. The van der Waals surface area contributed by atoms with Crippen molar-refractivity contribution in [3.05, 3.63) is 0 Å². The van der Waals surface area contributed by atoms with Crippen molar-refractivity contribution < 1.29 is 16.8 Å². The fourth-order valence-corrected chi connectivity index (χ4v) is 4.06. The zero-order chi connectivity index (χ0) is 14.0. The van der Waals surface area contributed by atoms with Gasteiger partial charge in [-0.1, -0.05) is 0 Å². The summed E-state index contributed by atoms with van der Waals surface area (Å²) in [6, 6.07) is 0. The van der Waals surface area contributed by atoms with Crippen molar-refractivity contribution in [3.8, 4) is 0 Å². The quantitative estimate of drug-likeness (QED) is 0.677. The summed E-state index contributed by atoms with van der Waals surface area (Å²) in [6.45, 7) is 2.77. The normalized spacial score (nSPS) is 21.1. The van der Waals surface area contributed by atoms with E-state index in [2.05, 4.69) is 0 Å². The van der Waals surface area contributed by atoms with E-state index in [4.69, 9.17) is 0 Å². The first-order valence-corrected chi connectivity index (χ1v) is 8.88. The summed E-state index contributed by atoms with van der Waals surface area (Å²) in [4.78, 5) is 0. The zero-order valence-corrected chi connectivity index (χ0v) is 12.7. The summed E-state index contributed by atoms with van der Waals surface area (Å²) < 4.78 is 51.2. The molecule has 1 fully saturated rings. The SMILES string of the molecule is CCS(=O)(=O)N1CCCN(S(=O)(=O)N(C)C)CC1. The molecule has 1 aliphatic rings. The van der Waals surface area contributed by atoms with Crippen LogP contribution in [0.1, 0.15) is 13.3 Å². The number of sulfonamides is 1. The lowest BCUT2D eigenvalue weighted by atomic mass is 10.4. The van der Waals surface area contributed by atoms with Gasteiger partial charge < -0.3 is 0 Å². The van der Waals surface area contributed by atoms with Crippen LogP contribution in [-0.4, -0.2) is 75.8 Å². The molecule has 0 aromatic carbocycles. The molecule has 0 saturated carbocycles. The zero-order valence-electron chi connectivity index (χ0n) is 11.0. The highest BCUT2D eigenvalue weighted by Gasteiger charge is 2.29. The Morgan fingerprint density at radius 1 is 0.944 bits per heavy atom. The Labute approximate surface area is 110 Å². The first-order chi connectivity index (χ1) is 8.21. The van der Waals surface area contributed by atoms with Gasteiger partial charge in [-0.3, -0.25) is 0 Å². The average molecular weight is 299 g/mol. The summed E-state index contributed by atoms with van der Waals surface area (Å²) in [5, 5.41) is 0. The summed E-state index contributed by atoms with van der Waals surface area (Å²) >= 11 is 0. The molecule has 1 rings (SSSR count).